The quantitative estimate of drug-likeness (QED) is 0.888. The van der Waals surface area contributed by atoms with Gasteiger partial charge in [0.15, 0.2) is 0 Å². The Morgan fingerprint density at radius 1 is 1.40 bits per heavy atom. The van der Waals surface area contributed by atoms with Crippen LogP contribution in [-0.4, -0.2) is 23.9 Å². The average Bonchev–Trinajstić information content (AvgIpc) is 2.41. The van der Waals surface area contributed by atoms with Crippen molar-refractivity contribution in [3.8, 4) is 0 Å². The Hall–Kier alpha value is -0.480. The van der Waals surface area contributed by atoms with Crippen LogP contribution in [0.3, 0.4) is 0 Å². The van der Waals surface area contributed by atoms with Crippen LogP contribution >= 0.6 is 35.6 Å². The zero-order chi connectivity index (χ0) is 14.6. The molecule has 1 amide bonds. The summed E-state index contributed by atoms with van der Waals surface area (Å²) in [6.07, 6.45) is 0.874. The van der Waals surface area contributed by atoms with Gasteiger partial charge in [-0.25, -0.2) is 0 Å². The molecule has 0 aliphatic heterocycles. The number of nitrogens with two attached hydrogens (primary N) is 1. The van der Waals surface area contributed by atoms with Crippen LogP contribution in [0, 0.1) is 5.92 Å². The molecule has 0 radical (unpaired) electrons. The number of benzene rings is 1. The first-order valence-corrected chi connectivity index (χ1v) is 7.07. The summed E-state index contributed by atoms with van der Waals surface area (Å²) in [6.45, 7) is 4.40. The van der Waals surface area contributed by atoms with Gasteiger partial charge in [-0.3, -0.25) is 4.79 Å². The van der Waals surface area contributed by atoms with Crippen LogP contribution in [0.1, 0.15) is 25.8 Å². The number of likely N-dealkylation sites (N-methyl/N-ethyl adjacent to an activating group) is 1. The number of halogens is 3. The zero-order valence-electron chi connectivity index (χ0n) is 11.9. The minimum Gasteiger partial charge on any atom is -0.340 e. The van der Waals surface area contributed by atoms with E-state index in [-0.39, 0.29) is 24.2 Å². The molecule has 0 heterocycles. The second-order valence-electron chi connectivity index (χ2n) is 4.82. The Balaban J connectivity index is 0.00000361. The van der Waals surface area contributed by atoms with Crippen LogP contribution in [0.4, 0.5) is 0 Å². The molecule has 1 aromatic carbocycles. The van der Waals surface area contributed by atoms with Gasteiger partial charge in [0, 0.05) is 13.6 Å². The van der Waals surface area contributed by atoms with Crippen molar-refractivity contribution in [2.24, 2.45) is 11.7 Å². The van der Waals surface area contributed by atoms with Crippen LogP contribution in [0.15, 0.2) is 18.2 Å². The van der Waals surface area contributed by atoms with E-state index < -0.39 is 6.04 Å². The van der Waals surface area contributed by atoms with E-state index in [1.54, 1.807) is 18.0 Å². The molecular formula is C14H21Cl3N2O. The molecule has 2 atom stereocenters. The van der Waals surface area contributed by atoms with Gasteiger partial charge in [-0.1, -0.05) is 55.6 Å². The van der Waals surface area contributed by atoms with Crippen molar-refractivity contribution in [3.63, 3.8) is 0 Å². The van der Waals surface area contributed by atoms with Crippen molar-refractivity contribution in [1.29, 1.82) is 0 Å². The van der Waals surface area contributed by atoms with Crippen LogP contribution in [0.25, 0.3) is 0 Å². The minimum atomic E-state index is -0.479. The lowest BCUT2D eigenvalue weighted by Crippen LogP contribution is -2.45. The van der Waals surface area contributed by atoms with E-state index in [0.29, 0.717) is 16.6 Å². The summed E-state index contributed by atoms with van der Waals surface area (Å²) in [5.41, 5.74) is 6.76. The van der Waals surface area contributed by atoms with E-state index in [2.05, 4.69) is 0 Å². The molecule has 114 valence electrons. The fraction of sp³-hybridized carbons (Fsp3) is 0.500. The SMILES string of the molecule is CCC(C)C(N)C(=O)N(C)Cc1cccc(Cl)c1Cl.Cl. The molecular weight excluding hydrogens is 319 g/mol. The van der Waals surface area contributed by atoms with Gasteiger partial charge in [0.1, 0.15) is 0 Å². The molecule has 0 aliphatic rings. The molecule has 3 nitrogen and oxygen atoms in total. The molecule has 6 heteroatoms. The average molecular weight is 340 g/mol. The normalized spacial score (nSPS) is 13.3. The van der Waals surface area contributed by atoms with E-state index in [0.717, 1.165) is 12.0 Å². The lowest BCUT2D eigenvalue weighted by Gasteiger charge is -2.25. The minimum absolute atomic E-state index is 0. The van der Waals surface area contributed by atoms with Gasteiger partial charge in [-0.15, -0.1) is 12.4 Å². The molecule has 0 aliphatic carbocycles. The molecule has 1 aromatic rings. The molecule has 2 unspecified atom stereocenters. The number of hydrogen-bond acceptors (Lipinski definition) is 2. The summed E-state index contributed by atoms with van der Waals surface area (Å²) in [7, 11) is 1.72. The summed E-state index contributed by atoms with van der Waals surface area (Å²) < 4.78 is 0. The predicted octanol–water partition coefficient (Wildman–Crippen LogP) is 3.75. The molecule has 0 fully saturated rings. The monoisotopic (exact) mass is 338 g/mol. The zero-order valence-corrected chi connectivity index (χ0v) is 14.2. The number of hydrogen-bond donors (Lipinski definition) is 1. The van der Waals surface area contributed by atoms with Crippen molar-refractivity contribution in [2.75, 3.05) is 7.05 Å². The number of nitrogens with zero attached hydrogens (tertiary/aromatic N) is 1. The second-order valence-corrected chi connectivity index (χ2v) is 5.60. The summed E-state index contributed by atoms with van der Waals surface area (Å²) in [5, 5.41) is 0.979. The summed E-state index contributed by atoms with van der Waals surface area (Å²) in [4.78, 5) is 13.8. The van der Waals surface area contributed by atoms with E-state index in [1.807, 2.05) is 26.0 Å². The Morgan fingerprint density at radius 2 is 2.00 bits per heavy atom. The van der Waals surface area contributed by atoms with E-state index in [9.17, 15) is 4.79 Å². The first kappa shape index (κ1) is 19.5. The van der Waals surface area contributed by atoms with Gasteiger partial charge >= 0.3 is 0 Å². The van der Waals surface area contributed by atoms with Crippen LogP contribution in [-0.2, 0) is 11.3 Å². The molecule has 2 N–H and O–H groups in total. The maximum atomic E-state index is 12.2. The van der Waals surface area contributed by atoms with Gasteiger partial charge < -0.3 is 10.6 Å². The lowest BCUT2D eigenvalue weighted by molar-refractivity contribution is -0.132. The first-order valence-electron chi connectivity index (χ1n) is 6.31. The largest absolute Gasteiger partial charge is 0.340 e. The molecule has 0 aromatic heterocycles. The molecule has 0 saturated heterocycles. The van der Waals surface area contributed by atoms with Crippen molar-refractivity contribution >= 4 is 41.5 Å². The maximum absolute atomic E-state index is 12.2. The Kier molecular flexibility index (Phi) is 8.52. The third-order valence-corrected chi connectivity index (χ3v) is 4.22. The van der Waals surface area contributed by atoms with Crippen molar-refractivity contribution < 1.29 is 4.79 Å². The van der Waals surface area contributed by atoms with Gasteiger partial charge in [-0.05, 0) is 17.5 Å². The highest BCUT2D eigenvalue weighted by molar-refractivity contribution is 6.42. The molecule has 0 saturated carbocycles. The summed E-state index contributed by atoms with van der Waals surface area (Å²) >= 11 is 12.1. The Labute approximate surface area is 136 Å². The van der Waals surface area contributed by atoms with E-state index in [1.165, 1.54) is 0 Å². The lowest BCUT2D eigenvalue weighted by atomic mass is 9.99. The Bertz CT molecular complexity index is 454. The van der Waals surface area contributed by atoms with Gasteiger partial charge in [0.25, 0.3) is 0 Å². The highest BCUT2D eigenvalue weighted by Crippen LogP contribution is 2.26. The Morgan fingerprint density at radius 3 is 2.55 bits per heavy atom. The van der Waals surface area contributed by atoms with Crippen LogP contribution in [0.5, 0.6) is 0 Å². The highest BCUT2D eigenvalue weighted by Gasteiger charge is 2.23. The predicted molar refractivity (Wildman–Crippen MR) is 87.6 cm³/mol. The molecule has 1 rings (SSSR count). The van der Waals surface area contributed by atoms with Crippen LogP contribution in [0.2, 0.25) is 10.0 Å². The topological polar surface area (TPSA) is 46.3 Å². The smallest absolute Gasteiger partial charge is 0.239 e. The molecule has 0 spiro atoms. The van der Waals surface area contributed by atoms with Gasteiger partial charge in [0.05, 0.1) is 16.1 Å². The third kappa shape index (κ3) is 4.81. The number of rotatable bonds is 5. The third-order valence-electron chi connectivity index (χ3n) is 3.36. The van der Waals surface area contributed by atoms with Gasteiger partial charge in [-0.2, -0.15) is 0 Å². The number of carbonyl (C=O) groups is 1. The molecule has 20 heavy (non-hydrogen) atoms. The summed E-state index contributed by atoms with van der Waals surface area (Å²) in [5.74, 6) is 0.0789. The van der Waals surface area contributed by atoms with Gasteiger partial charge in [0.2, 0.25) is 5.91 Å². The standard InChI is InChI=1S/C14H20Cl2N2O.ClH/c1-4-9(2)13(17)14(19)18(3)8-10-6-5-7-11(15)12(10)16;/h5-7,9,13H,4,8,17H2,1-3H3;1H. The number of carbonyl (C=O) groups excluding carboxylic acids is 1. The fourth-order valence-corrected chi connectivity index (χ4v) is 2.14. The highest BCUT2D eigenvalue weighted by atomic mass is 35.5. The van der Waals surface area contributed by atoms with Crippen LogP contribution < -0.4 is 5.73 Å². The maximum Gasteiger partial charge on any atom is 0.239 e. The number of amides is 1. The fourth-order valence-electron chi connectivity index (χ4n) is 1.76. The summed E-state index contributed by atoms with van der Waals surface area (Å²) in [6, 6.07) is 4.91. The molecule has 0 bridgehead atoms. The van der Waals surface area contributed by atoms with E-state index in [4.69, 9.17) is 28.9 Å². The van der Waals surface area contributed by atoms with Crippen molar-refractivity contribution in [1.82, 2.24) is 4.90 Å². The van der Waals surface area contributed by atoms with Crippen molar-refractivity contribution in [3.05, 3.63) is 33.8 Å². The first-order chi connectivity index (χ1) is 8.88. The second kappa shape index (κ2) is 8.73. The van der Waals surface area contributed by atoms with E-state index >= 15 is 0 Å². The van der Waals surface area contributed by atoms with Crippen molar-refractivity contribution in [2.45, 2.75) is 32.9 Å².